The topological polar surface area (TPSA) is 60.0 Å². The maximum absolute atomic E-state index is 10.1. The lowest BCUT2D eigenvalue weighted by Crippen LogP contribution is -2.19. The number of amides is 1. The number of nitrogens with zero attached hydrogens (tertiary/aromatic N) is 1. The lowest BCUT2D eigenvalue weighted by molar-refractivity contribution is -0.109. The Hall–Kier alpha value is -2.73. The number of methoxy groups -OCH3 is 2. The molecule has 0 radical (unpaired) electrons. The second-order valence-electron chi connectivity index (χ2n) is 6.15. The molecule has 1 amide bonds. The van der Waals surface area contributed by atoms with Gasteiger partial charge in [-0.1, -0.05) is 18.2 Å². The summed E-state index contributed by atoms with van der Waals surface area (Å²) in [5.41, 5.74) is 2.23. The van der Waals surface area contributed by atoms with Gasteiger partial charge in [-0.3, -0.25) is 4.79 Å². The van der Waals surface area contributed by atoms with Gasteiger partial charge < -0.3 is 24.4 Å². The molecular weight excluding hydrogens is 344 g/mol. The van der Waals surface area contributed by atoms with Crippen molar-refractivity contribution in [1.29, 1.82) is 0 Å². The zero-order valence-corrected chi connectivity index (χ0v) is 16.8. The predicted molar refractivity (Wildman–Crippen MR) is 108 cm³/mol. The van der Waals surface area contributed by atoms with Gasteiger partial charge in [0.25, 0.3) is 0 Å². The molecular formula is C21H30N2O4. The predicted octanol–water partition coefficient (Wildman–Crippen LogP) is 2.89. The molecule has 0 spiro atoms. The van der Waals surface area contributed by atoms with Gasteiger partial charge in [-0.15, -0.1) is 0 Å². The summed E-state index contributed by atoms with van der Waals surface area (Å²) >= 11 is 0. The van der Waals surface area contributed by atoms with E-state index in [4.69, 9.17) is 14.2 Å². The summed E-state index contributed by atoms with van der Waals surface area (Å²) in [4.78, 5) is 12.2. The minimum atomic E-state index is 0.557. The largest absolute Gasteiger partial charge is 0.493 e. The summed E-state index contributed by atoms with van der Waals surface area (Å²) in [6.07, 6.45) is 0.696. The van der Waals surface area contributed by atoms with E-state index < -0.39 is 0 Å². The van der Waals surface area contributed by atoms with Crippen molar-refractivity contribution in [1.82, 2.24) is 10.2 Å². The Balaban J connectivity index is 0.000000289. The van der Waals surface area contributed by atoms with Crippen LogP contribution in [0, 0.1) is 6.92 Å². The highest BCUT2D eigenvalue weighted by molar-refractivity contribution is 5.46. The highest BCUT2D eigenvalue weighted by Gasteiger charge is 2.00. The van der Waals surface area contributed by atoms with E-state index in [2.05, 4.69) is 10.2 Å². The van der Waals surface area contributed by atoms with E-state index in [0.717, 1.165) is 29.4 Å². The molecule has 0 aliphatic rings. The first kappa shape index (κ1) is 22.3. The number of likely N-dealkylation sites (N-methyl/N-ethyl adjacent to an activating group) is 1. The molecule has 0 bridgehead atoms. The van der Waals surface area contributed by atoms with Crippen LogP contribution in [0.1, 0.15) is 11.1 Å². The molecule has 148 valence electrons. The van der Waals surface area contributed by atoms with Crippen LogP contribution >= 0.6 is 0 Å². The Morgan fingerprint density at radius 1 is 1.00 bits per heavy atom. The van der Waals surface area contributed by atoms with Gasteiger partial charge in [0.2, 0.25) is 6.41 Å². The van der Waals surface area contributed by atoms with Crippen molar-refractivity contribution in [2.75, 3.05) is 41.5 Å². The Morgan fingerprint density at radius 3 is 2.22 bits per heavy atom. The maximum atomic E-state index is 10.1. The second-order valence-corrected chi connectivity index (χ2v) is 6.15. The van der Waals surface area contributed by atoms with Crippen LogP contribution in [0.5, 0.6) is 17.2 Å². The van der Waals surface area contributed by atoms with Gasteiger partial charge in [0.1, 0.15) is 12.4 Å². The number of hydrogen-bond donors (Lipinski definition) is 1. The van der Waals surface area contributed by atoms with Crippen molar-refractivity contribution >= 4 is 6.41 Å². The van der Waals surface area contributed by atoms with E-state index in [-0.39, 0.29) is 0 Å². The molecule has 0 saturated heterocycles. The van der Waals surface area contributed by atoms with E-state index in [9.17, 15) is 4.79 Å². The van der Waals surface area contributed by atoms with Crippen LogP contribution in [0.3, 0.4) is 0 Å². The van der Waals surface area contributed by atoms with Gasteiger partial charge in [-0.2, -0.15) is 0 Å². The van der Waals surface area contributed by atoms with Gasteiger partial charge in [-0.05, 0) is 56.4 Å². The molecule has 2 aromatic rings. The van der Waals surface area contributed by atoms with Crippen LogP contribution in [-0.4, -0.2) is 52.8 Å². The maximum Gasteiger partial charge on any atom is 0.207 e. The molecule has 0 aromatic heterocycles. The average molecular weight is 374 g/mol. The van der Waals surface area contributed by atoms with E-state index in [1.807, 2.05) is 63.5 Å². The molecule has 0 unspecified atom stereocenters. The summed E-state index contributed by atoms with van der Waals surface area (Å²) in [5, 5.41) is 2.61. The summed E-state index contributed by atoms with van der Waals surface area (Å²) in [6, 6.07) is 13.5. The van der Waals surface area contributed by atoms with Gasteiger partial charge in [0, 0.05) is 13.1 Å². The number of nitrogens with one attached hydrogen (secondary N) is 1. The number of carbonyl (C=O) groups is 1. The Labute approximate surface area is 162 Å². The SMILES string of the molecule is CN(C)CCOc1ccc(CNC=O)cc1.COc1ccc(C)cc1OC. The highest BCUT2D eigenvalue weighted by Crippen LogP contribution is 2.26. The first-order valence-corrected chi connectivity index (χ1v) is 8.72. The van der Waals surface area contributed by atoms with Crippen molar-refractivity contribution in [2.45, 2.75) is 13.5 Å². The monoisotopic (exact) mass is 374 g/mol. The standard InChI is InChI=1S/C12H18N2O2.C9H12O2/c1-14(2)7-8-16-12-5-3-11(4-6-12)9-13-10-15;1-7-4-5-8(10-2)9(6-7)11-3/h3-6,10H,7-9H2,1-2H3,(H,13,15);4-6H,1-3H3. The Bertz CT molecular complexity index is 672. The number of aryl methyl sites for hydroxylation is 1. The molecule has 27 heavy (non-hydrogen) atoms. The molecule has 1 N–H and O–H groups in total. The summed E-state index contributed by atoms with van der Waals surface area (Å²) < 4.78 is 15.7. The number of rotatable bonds is 9. The number of carbonyl (C=O) groups excluding carboxylic acids is 1. The lowest BCUT2D eigenvalue weighted by Gasteiger charge is -2.11. The molecule has 0 fully saturated rings. The van der Waals surface area contributed by atoms with Gasteiger partial charge in [0.05, 0.1) is 14.2 Å². The summed E-state index contributed by atoms with van der Waals surface area (Å²) in [6.45, 7) is 4.15. The third-order valence-corrected chi connectivity index (χ3v) is 3.66. The molecule has 0 atom stereocenters. The zero-order valence-electron chi connectivity index (χ0n) is 16.8. The van der Waals surface area contributed by atoms with E-state index in [0.29, 0.717) is 19.6 Å². The van der Waals surface area contributed by atoms with Crippen molar-refractivity contribution in [3.05, 3.63) is 53.6 Å². The number of hydrogen-bond acceptors (Lipinski definition) is 5. The molecule has 6 nitrogen and oxygen atoms in total. The Kier molecular flexibility index (Phi) is 10.4. The molecule has 2 aromatic carbocycles. The van der Waals surface area contributed by atoms with Crippen molar-refractivity contribution in [3.63, 3.8) is 0 Å². The zero-order chi connectivity index (χ0) is 20.1. The number of ether oxygens (including phenoxy) is 3. The third kappa shape index (κ3) is 8.96. The molecule has 0 saturated carbocycles. The summed E-state index contributed by atoms with van der Waals surface area (Å²) in [5.74, 6) is 2.42. The molecule has 6 heteroatoms. The minimum absolute atomic E-state index is 0.557. The normalized spacial score (nSPS) is 9.85. The van der Waals surface area contributed by atoms with Crippen LogP contribution < -0.4 is 19.5 Å². The fraction of sp³-hybridized carbons (Fsp3) is 0.381. The van der Waals surface area contributed by atoms with Gasteiger partial charge in [0.15, 0.2) is 11.5 Å². The van der Waals surface area contributed by atoms with E-state index >= 15 is 0 Å². The van der Waals surface area contributed by atoms with Crippen LogP contribution in [0.2, 0.25) is 0 Å². The van der Waals surface area contributed by atoms with Crippen LogP contribution in [0.25, 0.3) is 0 Å². The average Bonchev–Trinajstić information content (AvgIpc) is 2.67. The molecule has 2 rings (SSSR count). The lowest BCUT2D eigenvalue weighted by atomic mass is 10.2. The Morgan fingerprint density at radius 2 is 1.67 bits per heavy atom. The fourth-order valence-corrected chi connectivity index (χ4v) is 2.15. The fourth-order valence-electron chi connectivity index (χ4n) is 2.15. The minimum Gasteiger partial charge on any atom is -0.493 e. The van der Waals surface area contributed by atoms with Crippen molar-refractivity contribution < 1.29 is 19.0 Å². The van der Waals surface area contributed by atoms with Crippen LogP contribution in [0.4, 0.5) is 0 Å². The second kappa shape index (κ2) is 12.6. The van der Waals surface area contributed by atoms with Crippen LogP contribution in [0.15, 0.2) is 42.5 Å². The van der Waals surface area contributed by atoms with Crippen LogP contribution in [-0.2, 0) is 11.3 Å². The molecule has 0 aliphatic carbocycles. The smallest absolute Gasteiger partial charge is 0.207 e. The molecule has 0 heterocycles. The first-order chi connectivity index (χ1) is 13.0. The highest BCUT2D eigenvalue weighted by atomic mass is 16.5. The number of benzene rings is 2. The quantitative estimate of drug-likeness (QED) is 0.684. The van der Waals surface area contributed by atoms with E-state index in [1.54, 1.807) is 14.2 Å². The van der Waals surface area contributed by atoms with Gasteiger partial charge in [-0.25, -0.2) is 0 Å². The third-order valence-electron chi connectivity index (χ3n) is 3.66. The van der Waals surface area contributed by atoms with Gasteiger partial charge >= 0.3 is 0 Å². The summed E-state index contributed by atoms with van der Waals surface area (Å²) in [7, 11) is 7.29. The van der Waals surface area contributed by atoms with Crippen molar-refractivity contribution in [3.8, 4) is 17.2 Å². The van der Waals surface area contributed by atoms with E-state index in [1.165, 1.54) is 5.56 Å². The molecule has 0 aliphatic heterocycles. The van der Waals surface area contributed by atoms with Crippen molar-refractivity contribution in [2.24, 2.45) is 0 Å². The first-order valence-electron chi connectivity index (χ1n) is 8.72.